The number of benzene rings is 2. The lowest BCUT2D eigenvalue weighted by atomic mass is 9.77. The molecular formula is C28H32ClN3O2. The fraction of sp³-hybridized carbons (Fsp3) is 0.464. The summed E-state index contributed by atoms with van der Waals surface area (Å²) in [6.45, 7) is 5.93. The number of piperidine rings is 2. The topological polar surface area (TPSA) is 47.0 Å². The second-order valence-corrected chi connectivity index (χ2v) is 10.5. The van der Waals surface area contributed by atoms with Crippen LogP contribution in [-0.4, -0.2) is 50.3 Å². The zero-order valence-electron chi connectivity index (χ0n) is 19.5. The monoisotopic (exact) mass is 477 g/mol. The van der Waals surface area contributed by atoms with Gasteiger partial charge in [0.1, 0.15) is 0 Å². The Bertz CT molecular complexity index is 1080. The van der Waals surface area contributed by atoms with Crippen molar-refractivity contribution in [1.82, 2.24) is 0 Å². The van der Waals surface area contributed by atoms with Gasteiger partial charge in [-0.05, 0) is 80.0 Å². The van der Waals surface area contributed by atoms with Gasteiger partial charge in [0.05, 0.1) is 10.9 Å². The quantitative estimate of drug-likeness (QED) is 0.619. The molecule has 0 bridgehead atoms. The highest BCUT2D eigenvalue weighted by atomic mass is 35.5. The average Bonchev–Trinajstić information content (AvgIpc) is 3.28. The van der Waals surface area contributed by atoms with Gasteiger partial charge in [-0.25, -0.2) is 0 Å². The Labute approximate surface area is 207 Å². The van der Waals surface area contributed by atoms with Crippen molar-refractivity contribution in [2.24, 2.45) is 11.3 Å². The molecule has 0 atom stereocenters. The van der Waals surface area contributed by atoms with E-state index in [9.17, 15) is 9.90 Å². The van der Waals surface area contributed by atoms with Crippen LogP contribution >= 0.6 is 11.6 Å². The summed E-state index contributed by atoms with van der Waals surface area (Å²) in [6, 6.07) is 14.9. The summed E-state index contributed by atoms with van der Waals surface area (Å²) in [5.41, 5.74) is 4.78. The molecule has 3 fully saturated rings. The normalized spacial score (nSPS) is 20.5. The lowest BCUT2D eigenvalue weighted by Gasteiger charge is -2.40. The van der Waals surface area contributed by atoms with Gasteiger partial charge in [0.15, 0.2) is 0 Å². The molecule has 3 aliphatic rings. The highest BCUT2D eigenvalue weighted by molar-refractivity contribution is 6.32. The molecule has 1 N–H and O–H groups in total. The number of hydrogen-bond acceptors (Lipinski definition) is 4. The van der Waals surface area contributed by atoms with Crippen molar-refractivity contribution in [3.05, 3.63) is 53.1 Å². The zero-order valence-corrected chi connectivity index (χ0v) is 20.3. The van der Waals surface area contributed by atoms with E-state index in [-0.39, 0.29) is 5.92 Å². The first kappa shape index (κ1) is 22.9. The second-order valence-electron chi connectivity index (χ2n) is 10.1. The van der Waals surface area contributed by atoms with Crippen LogP contribution in [0.15, 0.2) is 42.5 Å². The predicted octanol–water partition coefficient (Wildman–Crippen LogP) is 5.12. The molecule has 3 aliphatic heterocycles. The maximum atomic E-state index is 11.2. The van der Waals surface area contributed by atoms with Crippen LogP contribution in [-0.2, 0) is 4.79 Å². The lowest BCUT2D eigenvalue weighted by molar-refractivity contribution is -0.142. The van der Waals surface area contributed by atoms with Crippen molar-refractivity contribution in [2.45, 2.75) is 32.1 Å². The van der Waals surface area contributed by atoms with E-state index in [2.05, 4.69) is 51.0 Å². The third-order valence-corrected chi connectivity index (χ3v) is 8.47. The molecule has 0 aliphatic carbocycles. The third kappa shape index (κ3) is 4.57. The molecule has 0 aromatic heterocycles. The van der Waals surface area contributed by atoms with Crippen LogP contribution < -0.4 is 14.7 Å². The van der Waals surface area contributed by atoms with E-state index >= 15 is 0 Å². The summed E-state index contributed by atoms with van der Waals surface area (Å²) in [6.07, 6.45) is 10.6. The van der Waals surface area contributed by atoms with E-state index in [0.29, 0.717) is 10.4 Å². The zero-order chi connectivity index (χ0) is 23.7. The molecule has 34 heavy (non-hydrogen) atoms. The van der Waals surface area contributed by atoms with Crippen LogP contribution in [0, 0.1) is 23.7 Å². The molecule has 3 heterocycles. The van der Waals surface area contributed by atoms with Gasteiger partial charge in [-0.3, -0.25) is 4.79 Å². The van der Waals surface area contributed by atoms with Crippen LogP contribution in [0.1, 0.15) is 37.7 Å². The first-order valence-corrected chi connectivity index (χ1v) is 12.7. The number of carboxylic acids is 1. The van der Waals surface area contributed by atoms with E-state index < -0.39 is 5.97 Å². The maximum Gasteiger partial charge on any atom is 0.306 e. The summed E-state index contributed by atoms with van der Waals surface area (Å²) in [5, 5.41) is 9.87. The van der Waals surface area contributed by atoms with E-state index in [0.717, 1.165) is 57.7 Å². The first-order valence-electron chi connectivity index (χ1n) is 12.3. The standard InChI is InChI=1S/C28H32ClN3O2/c1-2-21-3-4-25(19-26(21)29)32-18-13-28(20-32)11-16-31(17-12-28)24-7-5-23(6-8-24)30-14-9-22(10-15-30)27(33)34/h1,3-8,19,22H,9-18,20H2,(H,33,34). The molecule has 0 saturated carbocycles. The molecule has 0 amide bonds. The number of aliphatic carboxylic acids is 1. The maximum absolute atomic E-state index is 11.2. The van der Waals surface area contributed by atoms with Crippen molar-refractivity contribution in [3.8, 4) is 12.3 Å². The minimum absolute atomic E-state index is 0.193. The fourth-order valence-corrected chi connectivity index (χ4v) is 6.11. The number of halogens is 1. The molecule has 5 rings (SSSR count). The van der Waals surface area contributed by atoms with Gasteiger partial charge in [-0.2, -0.15) is 0 Å². The molecule has 2 aromatic carbocycles. The number of hydrogen-bond donors (Lipinski definition) is 1. The Morgan fingerprint density at radius 3 is 1.94 bits per heavy atom. The lowest BCUT2D eigenvalue weighted by Crippen LogP contribution is -2.41. The molecule has 2 aromatic rings. The SMILES string of the molecule is C#Cc1ccc(N2CCC3(CCN(c4ccc(N5CCC(C(=O)O)CC5)cc4)CC3)C2)cc1Cl. The van der Waals surface area contributed by atoms with Crippen molar-refractivity contribution in [2.75, 3.05) is 54.0 Å². The largest absolute Gasteiger partial charge is 0.481 e. The van der Waals surface area contributed by atoms with Crippen LogP contribution in [0.25, 0.3) is 0 Å². The van der Waals surface area contributed by atoms with E-state index in [1.54, 1.807) is 0 Å². The number of carboxylic acid groups (broad SMARTS) is 1. The van der Waals surface area contributed by atoms with Gasteiger partial charge in [0, 0.05) is 61.9 Å². The van der Waals surface area contributed by atoms with Crippen LogP contribution in [0.4, 0.5) is 17.1 Å². The van der Waals surface area contributed by atoms with Gasteiger partial charge in [0.25, 0.3) is 0 Å². The number of anilines is 3. The number of terminal acetylenes is 1. The minimum Gasteiger partial charge on any atom is -0.481 e. The van der Waals surface area contributed by atoms with Crippen LogP contribution in [0.2, 0.25) is 5.02 Å². The van der Waals surface area contributed by atoms with Crippen LogP contribution in [0.3, 0.4) is 0 Å². The Hall–Kier alpha value is -2.84. The summed E-state index contributed by atoms with van der Waals surface area (Å²) < 4.78 is 0. The highest BCUT2D eigenvalue weighted by Crippen LogP contribution is 2.43. The summed E-state index contributed by atoms with van der Waals surface area (Å²) in [4.78, 5) is 18.5. The van der Waals surface area contributed by atoms with Gasteiger partial charge in [-0.15, -0.1) is 6.42 Å². The third-order valence-electron chi connectivity index (χ3n) is 8.16. The van der Waals surface area contributed by atoms with Gasteiger partial charge in [-0.1, -0.05) is 17.5 Å². The molecule has 0 radical (unpaired) electrons. The summed E-state index contributed by atoms with van der Waals surface area (Å²) in [7, 11) is 0. The molecular weight excluding hydrogens is 446 g/mol. The second kappa shape index (κ2) is 9.43. The molecule has 178 valence electrons. The molecule has 3 saturated heterocycles. The number of rotatable bonds is 4. The van der Waals surface area contributed by atoms with Crippen molar-refractivity contribution in [1.29, 1.82) is 0 Å². The van der Waals surface area contributed by atoms with Gasteiger partial charge >= 0.3 is 5.97 Å². The Morgan fingerprint density at radius 1 is 0.882 bits per heavy atom. The first-order chi connectivity index (χ1) is 16.5. The number of nitrogens with zero attached hydrogens (tertiary/aromatic N) is 3. The van der Waals surface area contributed by atoms with E-state index in [1.807, 2.05) is 12.1 Å². The number of carbonyl (C=O) groups is 1. The van der Waals surface area contributed by atoms with Crippen LogP contribution in [0.5, 0.6) is 0 Å². The predicted molar refractivity (Wildman–Crippen MR) is 139 cm³/mol. The average molecular weight is 478 g/mol. The van der Waals surface area contributed by atoms with Crippen molar-refractivity contribution in [3.63, 3.8) is 0 Å². The molecule has 0 unspecified atom stereocenters. The Morgan fingerprint density at radius 2 is 1.41 bits per heavy atom. The summed E-state index contributed by atoms with van der Waals surface area (Å²) >= 11 is 6.35. The molecule has 1 spiro atoms. The minimum atomic E-state index is -0.658. The van der Waals surface area contributed by atoms with Gasteiger partial charge in [0.2, 0.25) is 0 Å². The van der Waals surface area contributed by atoms with Crippen molar-refractivity contribution < 1.29 is 9.90 Å². The Balaban J connectivity index is 1.16. The van der Waals surface area contributed by atoms with Gasteiger partial charge < -0.3 is 19.8 Å². The highest BCUT2D eigenvalue weighted by Gasteiger charge is 2.40. The molecule has 6 heteroatoms. The van der Waals surface area contributed by atoms with E-state index in [4.69, 9.17) is 18.0 Å². The molecule has 5 nitrogen and oxygen atoms in total. The van der Waals surface area contributed by atoms with Crippen molar-refractivity contribution >= 4 is 34.6 Å². The summed E-state index contributed by atoms with van der Waals surface area (Å²) in [5.74, 6) is 1.79. The van der Waals surface area contributed by atoms with E-state index in [1.165, 1.54) is 36.3 Å². The fourth-order valence-electron chi connectivity index (χ4n) is 5.88. The smallest absolute Gasteiger partial charge is 0.306 e. The Kier molecular flexibility index (Phi) is 6.36.